The zero-order chi connectivity index (χ0) is 14.0. The third kappa shape index (κ3) is 2.39. The van der Waals surface area contributed by atoms with Gasteiger partial charge in [-0.25, -0.2) is 4.39 Å². The highest BCUT2D eigenvalue weighted by molar-refractivity contribution is 5.98. The first-order valence-corrected chi connectivity index (χ1v) is 6.07. The Hall–Kier alpha value is -2.09. The molecule has 1 aliphatic carbocycles. The Bertz CT molecular complexity index is 545. The van der Waals surface area contributed by atoms with Crippen LogP contribution < -0.4 is 10.1 Å². The molecule has 2 rings (SSSR count). The van der Waals surface area contributed by atoms with Crippen LogP contribution in [0.1, 0.15) is 19.8 Å². The summed E-state index contributed by atoms with van der Waals surface area (Å²) in [5, 5.41) is 11.7. The van der Waals surface area contributed by atoms with Crippen molar-refractivity contribution in [3.8, 4) is 11.8 Å². The van der Waals surface area contributed by atoms with Crippen molar-refractivity contribution in [3.63, 3.8) is 0 Å². The highest BCUT2D eigenvalue weighted by atomic mass is 19.1. The fourth-order valence-corrected chi connectivity index (χ4v) is 2.45. The van der Waals surface area contributed by atoms with E-state index in [4.69, 9.17) is 10.00 Å². The minimum absolute atomic E-state index is 0.116. The Morgan fingerprint density at radius 1 is 1.58 bits per heavy atom. The van der Waals surface area contributed by atoms with Gasteiger partial charge in [0.05, 0.1) is 13.2 Å². The van der Waals surface area contributed by atoms with Gasteiger partial charge in [-0.05, 0) is 30.9 Å². The summed E-state index contributed by atoms with van der Waals surface area (Å²) >= 11 is 0. The second kappa shape index (κ2) is 4.88. The Morgan fingerprint density at radius 2 is 2.26 bits per heavy atom. The SMILES string of the molecule is COc1ccc(NC(=O)C2(C#N)CC(C)C2)cc1F. The van der Waals surface area contributed by atoms with E-state index in [-0.39, 0.29) is 11.7 Å². The van der Waals surface area contributed by atoms with Crippen LogP contribution in [0.25, 0.3) is 0 Å². The molecule has 1 saturated carbocycles. The number of methoxy groups -OCH3 is 1. The molecule has 0 aliphatic heterocycles. The van der Waals surface area contributed by atoms with Crippen molar-refractivity contribution in [2.45, 2.75) is 19.8 Å². The molecular weight excluding hydrogens is 247 g/mol. The van der Waals surface area contributed by atoms with E-state index in [9.17, 15) is 9.18 Å². The van der Waals surface area contributed by atoms with Crippen molar-refractivity contribution in [2.75, 3.05) is 12.4 Å². The van der Waals surface area contributed by atoms with Crippen molar-refractivity contribution in [2.24, 2.45) is 11.3 Å². The number of carbonyl (C=O) groups excluding carboxylic acids is 1. The standard InChI is InChI=1S/C14H15FN2O2/c1-9-6-14(7-9,8-16)13(18)17-10-3-4-12(19-2)11(15)5-10/h3-5,9H,6-7H2,1-2H3,(H,17,18). The smallest absolute Gasteiger partial charge is 0.244 e. The average Bonchev–Trinajstić information content (AvgIpc) is 2.34. The number of halogens is 1. The maximum atomic E-state index is 13.5. The lowest BCUT2D eigenvalue weighted by atomic mass is 9.63. The minimum atomic E-state index is -0.962. The lowest BCUT2D eigenvalue weighted by molar-refractivity contribution is -0.128. The maximum Gasteiger partial charge on any atom is 0.244 e. The number of nitrogens with one attached hydrogen (secondary N) is 1. The minimum Gasteiger partial charge on any atom is -0.494 e. The number of hydrogen-bond acceptors (Lipinski definition) is 3. The first-order valence-electron chi connectivity index (χ1n) is 6.07. The molecule has 1 aromatic carbocycles. The molecule has 1 amide bonds. The molecule has 0 unspecified atom stereocenters. The number of rotatable bonds is 3. The second-order valence-corrected chi connectivity index (χ2v) is 5.01. The number of ether oxygens (including phenoxy) is 1. The highest BCUT2D eigenvalue weighted by Gasteiger charge is 2.48. The van der Waals surface area contributed by atoms with Gasteiger partial charge in [-0.15, -0.1) is 0 Å². The Balaban J connectivity index is 2.11. The third-order valence-electron chi connectivity index (χ3n) is 3.45. The van der Waals surface area contributed by atoms with Gasteiger partial charge in [0.2, 0.25) is 5.91 Å². The number of nitrogens with zero attached hydrogens (tertiary/aromatic N) is 1. The van der Waals surface area contributed by atoms with Crippen molar-refractivity contribution in [1.82, 2.24) is 0 Å². The zero-order valence-corrected chi connectivity index (χ0v) is 10.9. The van der Waals surface area contributed by atoms with E-state index < -0.39 is 11.2 Å². The predicted molar refractivity (Wildman–Crippen MR) is 68.0 cm³/mol. The first kappa shape index (κ1) is 13.3. The van der Waals surface area contributed by atoms with Gasteiger partial charge in [0, 0.05) is 11.8 Å². The van der Waals surface area contributed by atoms with Crippen LogP contribution in [0.4, 0.5) is 10.1 Å². The lowest BCUT2D eigenvalue weighted by Crippen LogP contribution is -2.45. The van der Waals surface area contributed by atoms with Crippen LogP contribution in [0.15, 0.2) is 18.2 Å². The number of anilines is 1. The summed E-state index contributed by atoms with van der Waals surface area (Å²) in [6.45, 7) is 2.00. The molecule has 19 heavy (non-hydrogen) atoms. The summed E-state index contributed by atoms with van der Waals surface area (Å²) in [5.41, 5.74) is -0.631. The molecule has 0 atom stereocenters. The van der Waals surface area contributed by atoms with Crippen LogP contribution in [0.2, 0.25) is 0 Å². The van der Waals surface area contributed by atoms with E-state index >= 15 is 0 Å². The van der Waals surface area contributed by atoms with Gasteiger partial charge < -0.3 is 10.1 Å². The highest BCUT2D eigenvalue weighted by Crippen LogP contribution is 2.45. The molecule has 0 radical (unpaired) electrons. The van der Waals surface area contributed by atoms with E-state index in [1.807, 2.05) is 6.92 Å². The molecule has 0 spiro atoms. The molecule has 1 N–H and O–H groups in total. The van der Waals surface area contributed by atoms with E-state index in [0.717, 1.165) is 0 Å². The van der Waals surface area contributed by atoms with Gasteiger partial charge in [-0.2, -0.15) is 5.26 Å². The van der Waals surface area contributed by atoms with Crippen molar-refractivity contribution < 1.29 is 13.9 Å². The molecule has 0 aromatic heterocycles. The van der Waals surface area contributed by atoms with E-state index in [1.165, 1.54) is 19.2 Å². The summed E-state index contributed by atoms with van der Waals surface area (Å²) in [4.78, 5) is 12.1. The first-order chi connectivity index (χ1) is 9.00. The zero-order valence-electron chi connectivity index (χ0n) is 10.9. The number of amides is 1. The van der Waals surface area contributed by atoms with Crippen LogP contribution in [0, 0.1) is 28.5 Å². The average molecular weight is 262 g/mol. The summed E-state index contributed by atoms with van der Waals surface area (Å²) in [6.07, 6.45) is 1.10. The Morgan fingerprint density at radius 3 is 2.74 bits per heavy atom. The molecule has 5 heteroatoms. The van der Waals surface area contributed by atoms with Crippen LogP contribution in [0.5, 0.6) is 5.75 Å². The van der Waals surface area contributed by atoms with E-state index in [2.05, 4.69) is 11.4 Å². The third-order valence-corrected chi connectivity index (χ3v) is 3.45. The van der Waals surface area contributed by atoms with Crippen LogP contribution >= 0.6 is 0 Å². The number of benzene rings is 1. The topological polar surface area (TPSA) is 62.1 Å². The maximum absolute atomic E-state index is 13.5. The lowest BCUT2D eigenvalue weighted by Gasteiger charge is -2.39. The Kier molecular flexibility index (Phi) is 3.43. The fourth-order valence-electron chi connectivity index (χ4n) is 2.45. The van der Waals surface area contributed by atoms with Gasteiger partial charge >= 0.3 is 0 Å². The molecule has 1 aromatic rings. The number of nitriles is 1. The van der Waals surface area contributed by atoms with Crippen LogP contribution in [-0.2, 0) is 4.79 Å². The molecule has 1 fully saturated rings. The van der Waals surface area contributed by atoms with Gasteiger partial charge in [-0.3, -0.25) is 4.79 Å². The van der Waals surface area contributed by atoms with Crippen molar-refractivity contribution >= 4 is 11.6 Å². The summed E-state index contributed by atoms with van der Waals surface area (Å²) in [7, 11) is 1.37. The van der Waals surface area contributed by atoms with Gasteiger partial charge in [0.25, 0.3) is 0 Å². The monoisotopic (exact) mass is 262 g/mol. The number of hydrogen-bond donors (Lipinski definition) is 1. The molecule has 0 bridgehead atoms. The van der Waals surface area contributed by atoms with Crippen LogP contribution in [0.3, 0.4) is 0 Å². The summed E-state index contributed by atoms with van der Waals surface area (Å²) in [6, 6.07) is 6.24. The molecule has 4 nitrogen and oxygen atoms in total. The predicted octanol–water partition coefficient (Wildman–Crippen LogP) is 2.71. The largest absolute Gasteiger partial charge is 0.494 e. The van der Waals surface area contributed by atoms with Crippen molar-refractivity contribution in [1.29, 1.82) is 5.26 Å². The number of carbonyl (C=O) groups is 1. The molecule has 1 aliphatic rings. The van der Waals surface area contributed by atoms with Gasteiger partial charge in [-0.1, -0.05) is 6.92 Å². The summed E-state index contributed by atoms with van der Waals surface area (Å²) in [5.74, 6) is -0.422. The van der Waals surface area contributed by atoms with E-state index in [0.29, 0.717) is 24.4 Å². The van der Waals surface area contributed by atoms with Gasteiger partial charge in [0.15, 0.2) is 11.6 Å². The molecule has 0 heterocycles. The second-order valence-electron chi connectivity index (χ2n) is 5.01. The Labute approximate surface area is 111 Å². The molecule has 0 saturated heterocycles. The normalized spacial score (nSPS) is 25.1. The van der Waals surface area contributed by atoms with Crippen LogP contribution in [-0.4, -0.2) is 13.0 Å². The fraction of sp³-hybridized carbons (Fsp3) is 0.429. The van der Waals surface area contributed by atoms with E-state index in [1.54, 1.807) is 6.07 Å². The van der Waals surface area contributed by atoms with Crippen molar-refractivity contribution in [3.05, 3.63) is 24.0 Å². The molecule has 100 valence electrons. The summed E-state index contributed by atoms with van der Waals surface area (Å²) < 4.78 is 18.3. The molecular formula is C14H15FN2O2. The quantitative estimate of drug-likeness (QED) is 0.911. The van der Waals surface area contributed by atoms with Gasteiger partial charge in [0.1, 0.15) is 5.41 Å².